The number of hydrogen-bond donors (Lipinski definition) is 2. The first-order chi connectivity index (χ1) is 10.4. The lowest BCUT2D eigenvalue weighted by atomic mass is 10.1. The Morgan fingerprint density at radius 1 is 1.14 bits per heavy atom. The van der Waals surface area contributed by atoms with E-state index in [1.54, 1.807) is 0 Å². The predicted octanol–water partition coefficient (Wildman–Crippen LogP) is 2.88. The summed E-state index contributed by atoms with van der Waals surface area (Å²) in [6.07, 6.45) is 4.75. The van der Waals surface area contributed by atoms with Gasteiger partial charge in [0.25, 0.3) is 0 Å². The molecule has 1 aromatic rings. The minimum atomic E-state index is -0.390. The SMILES string of the molecule is OC(CNCCCCCCN1CCSC1)c1ccccc1. The third kappa shape index (κ3) is 6.83. The fraction of sp³-hybridized carbons (Fsp3) is 0.647. The van der Waals surface area contributed by atoms with Crippen LogP contribution in [-0.4, -0.2) is 47.8 Å². The Bertz CT molecular complexity index is 368. The van der Waals surface area contributed by atoms with E-state index in [1.807, 2.05) is 30.3 Å². The summed E-state index contributed by atoms with van der Waals surface area (Å²) in [7, 11) is 0. The molecule has 0 spiro atoms. The largest absolute Gasteiger partial charge is 0.387 e. The molecule has 21 heavy (non-hydrogen) atoms. The highest BCUT2D eigenvalue weighted by Gasteiger charge is 2.10. The van der Waals surface area contributed by atoms with Crippen molar-refractivity contribution in [1.29, 1.82) is 0 Å². The Labute approximate surface area is 133 Å². The van der Waals surface area contributed by atoms with Gasteiger partial charge >= 0.3 is 0 Å². The van der Waals surface area contributed by atoms with Crippen LogP contribution in [0.2, 0.25) is 0 Å². The van der Waals surface area contributed by atoms with E-state index in [2.05, 4.69) is 22.0 Å². The molecule has 0 bridgehead atoms. The molecule has 3 nitrogen and oxygen atoms in total. The highest BCUT2D eigenvalue weighted by Crippen LogP contribution is 2.14. The lowest BCUT2D eigenvalue weighted by Gasteiger charge is -2.13. The molecule has 1 fully saturated rings. The molecule has 1 aromatic carbocycles. The van der Waals surface area contributed by atoms with E-state index >= 15 is 0 Å². The number of nitrogens with zero attached hydrogens (tertiary/aromatic N) is 1. The summed E-state index contributed by atoms with van der Waals surface area (Å²) >= 11 is 2.05. The molecule has 1 unspecified atom stereocenters. The Hall–Kier alpha value is -0.550. The first-order valence-electron chi connectivity index (χ1n) is 8.10. The van der Waals surface area contributed by atoms with Crippen LogP contribution in [0.4, 0.5) is 0 Å². The van der Waals surface area contributed by atoms with Crippen molar-refractivity contribution in [2.24, 2.45) is 0 Å². The number of rotatable bonds is 10. The zero-order valence-electron chi connectivity index (χ0n) is 12.8. The van der Waals surface area contributed by atoms with Crippen molar-refractivity contribution < 1.29 is 5.11 Å². The van der Waals surface area contributed by atoms with Crippen LogP contribution in [0.25, 0.3) is 0 Å². The zero-order chi connectivity index (χ0) is 14.8. The number of nitrogens with one attached hydrogen (secondary N) is 1. The molecule has 0 radical (unpaired) electrons. The molecule has 0 saturated carbocycles. The standard InChI is InChI=1S/C17H28N2OS/c20-17(16-8-4-3-5-9-16)14-18-10-6-1-2-7-11-19-12-13-21-15-19/h3-5,8-9,17-18,20H,1-2,6-7,10-15H2. The van der Waals surface area contributed by atoms with E-state index in [1.165, 1.54) is 50.4 Å². The first kappa shape index (κ1) is 16.8. The number of hydrogen-bond acceptors (Lipinski definition) is 4. The molecule has 1 aliphatic heterocycles. The fourth-order valence-electron chi connectivity index (χ4n) is 2.60. The number of aliphatic hydroxyl groups excluding tert-OH is 1. The molecule has 1 heterocycles. The molecule has 0 aliphatic carbocycles. The lowest BCUT2D eigenvalue weighted by molar-refractivity contribution is 0.174. The van der Waals surface area contributed by atoms with Crippen molar-refractivity contribution in [2.75, 3.05) is 37.8 Å². The van der Waals surface area contributed by atoms with Gasteiger partial charge in [0, 0.05) is 24.7 Å². The molecule has 118 valence electrons. The summed E-state index contributed by atoms with van der Waals surface area (Å²) < 4.78 is 0. The van der Waals surface area contributed by atoms with E-state index in [4.69, 9.17) is 0 Å². The minimum Gasteiger partial charge on any atom is -0.387 e. The average molecular weight is 308 g/mol. The van der Waals surface area contributed by atoms with Gasteiger partial charge in [-0.05, 0) is 31.5 Å². The van der Waals surface area contributed by atoms with Gasteiger partial charge in [-0.15, -0.1) is 11.8 Å². The van der Waals surface area contributed by atoms with E-state index in [-0.39, 0.29) is 6.10 Å². The minimum absolute atomic E-state index is 0.390. The van der Waals surface area contributed by atoms with Crippen LogP contribution in [0.15, 0.2) is 30.3 Å². The van der Waals surface area contributed by atoms with Crippen molar-refractivity contribution in [3.63, 3.8) is 0 Å². The van der Waals surface area contributed by atoms with Gasteiger partial charge in [-0.1, -0.05) is 43.2 Å². The second-order valence-electron chi connectivity index (χ2n) is 5.70. The van der Waals surface area contributed by atoms with Gasteiger partial charge in [0.1, 0.15) is 0 Å². The maximum atomic E-state index is 10.0. The van der Waals surface area contributed by atoms with Gasteiger partial charge in [-0.25, -0.2) is 0 Å². The van der Waals surface area contributed by atoms with Crippen LogP contribution in [0.3, 0.4) is 0 Å². The van der Waals surface area contributed by atoms with Crippen molar-refractivity contribution in [2.45, 2.75) is 31.8 Å². The van der Waals surface area contributed by atoms with Crippen LogP contribution < -0.4 is 5.32 Å². The molecule has 0 amide bonds. The second-order valence-corrected chi connectivity index (χ2v) is 6.77. The molecule has 1 saturated heterocycles. The Morgan fingerprint density at radius 2 is 1.95 bits per heavy atom. The van der Waals surface area contributed by atoms with E-state index in [0.717, 1.165) is 12.1 Å². The molecule has 1 atom stereocenters. The van der Waals surface area contributed by atoms with Gasteiger partial charge in [-0.3, -0.25) is 4.90 Å². The maximum absolute atomic E-state index is 10.0. The molecule has 2 N–H and O–H groups in total. The Morgan fingerprint density at radius 3 is 2.71 bits per heavy atom. The predicted molar refractivity (Wildman–Crippen MR) is 91.6 cm³/mol. The van der Waals surface area contributed by atoms with Crippen molar-refractivity contribution in [3.05, 3.63) is 35.9 Å². The third-order valence-electron chi connectivity index (χ3n) is 3.93. The topological polar surface area (TPSA) is 35.5 Å². The highest BCUT2D eigenvalue weighted by atomic mass is 32.2. The first-order valence-corrected chi connectivity index (χ1v) is 9.25. The summed E-state index contributed by atoms with van der Waals surface area (Å²) in [5.74, 6) is 2.55. The van der Waals surface area contributed by atoms with Crippen LogP contribution in [-0.2, 0) is 0 Å². The molecule has 2 rings (SSSR count). The second kappa shape index (κ2) is 10.2. The summed E-state index contributed by atoms with van der Waals surface area (Å²) in [6, 6.07) is 9.87. The van der Waals surface area contributed by atoms with E-state index in [0.29, 0.717) is 6.54 Å². The van der Waals surface area contributed by atoms with Crippen LogP contribution in [0.1, 0.15) is 37.4 Å². The van der Waals surface area contributed by atoms with Crippen molar-refractivity contribution in [1.82, 2.24) is 10.2 Å². The summed E-state index contributed by atoms with van der Waals surface area (Å²) in [6.45, 7) is 4.20. The molecule has 1 aliphatic rings. The average Bonchev–Trinajstić information content (AvgIpc) is 3.04. The fourth-order valence-corrected chi connectivity index (χ4v) is 3.63. The summed E-state index contributed by atoms with van der Waals surface area (Å²) in [5.41, 5.74) is 0.994. The summed E-state index contributed by atoms with van der Waals surface area (Å²) in [4.78, 5) is 2.55. The number of benzene rings is 1. The molecule has 4 heteroatoms. The van der Waals surface area contributed by atoms with E-state index in [9.17, 15) is 5.11 Å². The maximum Gasteiger partial charge on any atom is 0.0914 e. The smallest absolute Gasteiger partial charge is 0.0914 e. The zero-order valence-corrected chi connectivity index (χ0v) is 13.7. The monoisotopic (exact) mass is 308 g/mol. The van der Waals surface area contributed by atoms with Gasteiger partial charge in [-0.2, -0.15) is 0 Å². The van der Waals surface area contributed by atoms with Crippen LogP contribution in [0, 0.1) is 0 Å². The third-order valence-corrected chi connectivity index (χ3v) is 4.94. The normalized spacial score (nSPS) is 17.2. The molecular formula is C17H28N2OS. The lowest BCUT2D eigenvalue weighted by Crippen LogP contribution is -2.22. The van der Waals surface area contributed by atoms with Gasteiger partial charge < -0.3 is 10.4 Å². The molecular weight excluding hydrogens is 280 g/mol. The molecule has 0 aromatic heterocycles. The highest BCUT2D eigenvalue weighted by molar-refractivity contribution is 7.99. The quantitative estimate of drug-likeness (QED) is 0.652. The van der Waals surface area contributed by atoms with E-state index < -0.39 is 0 Å². The van der Waals surface area contributed by atoms with Gasteiger partial charge in [0.05, 0.1) is 6.10 Å². The van der Waals surface area contributed by atoms with Gasteiger partial charge in [0.15, 0.2) is 0 Å². The number of aliphatic hydroxyl groups is 1. The number of thioether (sulfide) groups is 1. The van der Waals surface area contributed by atoms with Gasteiger partial charge in [0.2, 0.25) is 0 Å². The summed E-state index contributed by atoms with van der Waals surface area (Å²) in [5, 5.41) is 13.4. The number of unbranched alkanes of at least 4 members (excludes halogenated alkanes) is 3. The van der Waals surface area contributed by atoms with Crippen molar-refractivity contribution >= 4 is 11.8 Å². The van der Waals surface area contributed by atoms with Crippen LogP contribution in [0.5, 0.6) is 0 Å². The Kier molecular flexibility index (Phi) is 8.18. The Balaban J connectivity index is 1.41. The van der Waals surface area contributed by atoms with Crippen molar-refractivity contribution in [3.8, 4) is 0 Å². The van der Waals surface area contributed by atoms with Crippen LogP contribution >= 0.6 is 11.8 Å².